The number of hydrogen-bond acceptors (Lipinski definition) is 2. The zero-order valence-electron chi connectivity index (χ0n) is 12.5. The molecule has 0 amide bonds. The lowest BCUT2D eigenvalue weighted by Crippen LogP contribution is -2.25. The molecule has 0 aliphatic heterocycles. The average molecular weight is 269 g/mol. The largest absolute Gasteiger partial charge is 0.496 e. The summed E-state index contributed by atoms with van der Waals surface area (Å²) in [5.74, 6) is 0.926. The molecule has 1 unspecified atom stereocenters. The zero-order valence-corrected chi connectivity index (χ0v) is 12.5. The summed E-state index contributed by atoms with van der Waals surface area (Å²) < 4.78 is 5.41. The van der Waals surface area contributed by atoms with Crippen molar-refractivity contribution in [3.05, 3.63) is 64.7 Å². The van der Waals surface area contributed by atoms with Crippen molar-refractivity contribution in [1.29, 1.82) is 0 Å². The normalized spacial score (nSPS) is 12.2. The average Bonchev–Trinajstić information content (AvgIpc) is 2.41. The molecule has 0 heterocycles. The van der Waals surface area contributed by atoms with Crippen molar-refractivity contribution >= 4 is 0 Å². The SMILES string of the molecule is COc1ccc(C)cc1CC(N)Cc1ccc(C)cc1. The van der Waals surface area contributed by atoms with Gasteiger partial charge in [-0.15, -0.1) is 0 Å². The molecule has 20 heavy (non-hydrogen) atoms. The minimum absolute atomic E-state index is 0.105. The van der Waals surface area contributed by atoms with E-state index in [-0.39, 0.29) is 6.04 Å². The number of ether oxygens (including phenoxy) is 1. The highest BCUT2D eigenvalue weighted by atomic mass is 16.5. The molecule has 2 nitrogen and oxygen atoms in total. The van der Waals surface area contributed by atoms with Crippen molar-refractivity contribution in [3.8, 4) is 5.75 Å². The highest BCUT2D eigenvalue weighted by Crippen LogP contribution is 2.21. The molecule has 0 saturated carbocycles. The van der Waals surface area contributed by atoms with Crippen molar-refractivity contribution in [2.75, 3.05) is 7.11 Å². The van der Waals surface area contributed by atoms with E-state index >= 15 is 0 Å². The lowest BCUT2D eigenvalue weighted by atomic mass is 9.97. The van der Waals surface area contributed by atoms with Gasteiger partial charge in [-0.25, -0.2) is 0 Å². The minimum atomic E-state index is 0.105. The first-order chi connectivity index (χ1) is 9.58. The van der Waals surface area contributed by atoms with E-state index in [0.717, 1.165) is 18.6 Å². The predicted molar refractivity (Wildman–Crippen MR) is 84.3 cm³/mol. The first-order valence-corrected chi connectivity index (χ1v) is 7.03. The molecule has 2 heteroatoms. The number of methoxy groups -OCH3 is 1. The van der Waals surface area contributed by atoms with Crippen molar-refractivity contribution < 1.29 is 4.74 Å². The van der Waals surface area contributed by atoms with Crippen LogP contribution < -0.4 is 10.5 Å². The molecule has 2 rings (SSSR count). The summed E-state index contributed by atoms with van der Waals surface area (Å²) in [6.07, 6.45) is 1.72. The van der Waals surface area contributed by atoms with E-state index in [1.54, 1.807) is 7.11 Å². The Balaban J connectivity index is 2.05. The molecule has 2 aromatic carbocycles. The van der Waals surface area contributed by atoms with Crippen LogP contribution in [0.2, 0.25) is 0 Å². The summed E-state index contributed by atoms with van der Waals surface area (Å²) in [5.41, 5.74) is 11.3. The summed E-state index contributed by atoms with van der Waals surface area (Å²) in [4.78, 5) is 0. The first kappa shape index (κ1) is 14.6. The summed E-state index contributed by atoms with van der Waals surface area (Å²) >= 11 is 0. The maximum atomic E-state index is 6.29. The van der Waals surface area contributed by atoms with Gasteiger partial charge in [0.25, 0.3) is 0 Å². The van der Waals surface area contributed by atoms with Crippen molar-refractivity contribution in [3.63, 3.8) is 0 Å². The van der Waals surface area contributed by atoms with Crippen molar-refractivity contribution in [2.24, 2.45) is 5.73 Å². The van der Waals surface area contributed by atoms with E-state index in [0.29, 0.717) is 0 Å². The van der Waals surface area contributed by atoms with Crippen molar-refractivity contribution in [2.45, 2.75) is 32.7 Å². The predicted octanol–water partition coefficient (Wildman–Crippen LogP) is 3.42. The molecule has 2 N–H and O–H groups in total. The van der Waals surface area contributed by atoms with E-state index in [9.17, 15) is 0 Å². The third-order valence-electron chi connectivity index (χ3n) is 3.54. The number of nitrogens with two attached hydrogens (primary N) is 1. The fourth-order valence-electron chi connectivity index (χ4n) is 2.45. The number of rotatable bonds is 5. The van der Waals surface area contributed by atoms with Gasteiger partial charge < -0.3 is 10.5 Å². The molecular formula is C18H23NO. The van der Waals surface area contributed by atoms with Gasteiger partial charge in [-0.05, 0) is 43.9 Å². The van der Waals surface area contributed by atoms with Gasteiger partial charge in [-0.3, -0.25) is 0 Å². The summed E-state index contributed by atoms with van der Waals surface area (Å²) in [7, 11) is 1.71. The van der Waals surface area contributed by atoms with Crippen LogP contribution in [-0.4, -0.2) is 13.2 Å². The Morgan fingerprint density at radius 3 is 2.25 bits per heavy atom. The third-order valence-corrected chi connectivity index (χ3v) is 3.54. The van der Waals surface area contributed by atoms with E-state index < -0.39 is 0 Å². The van der Waals surface area contributed by atoms with Gasteiger partial charge in [0.15, 0.2) is 0 Å². The Bertz CT molecular complexity index is 560. The van der Waals surface area contributed by atoms with Crippen LogP contribution in [0.25, 0.3) is 0 Å². The molecule has 0 radical (unpaired) electrons. The van der Waals surface area contributed by atoms with Crippen LogP contribution in [0.3, 0.4) is 0 Å². The lowest BCUT2D eigenvalue weighted by molar-refractivity contribution is 0.407. The Morgan fingerprint density at radius 1 is 0.950 bits per heavy atom. The summed E-state index contributed by atoms with van der Waals surface area (Å²) in [6.45, 7) is 4.19. The molecule has 0 aliphatic rings. The van der Waals surface area contributed by atoms with Crippen LogP contribution in [0.5, 0.6) is 5.75 Å². The molecule has 1 atom stereocenters. The van der Waals surface area contributed by atoms with Crippen LogP contribution in [0, 0.1) is 13.8 Å². The molecule has 0 saturated heterocycles. The lowest BCUT2D eigenvalue weighted by Gasteiger charge is -2.15. The van der Waals surface area contributed by atoms with Gasteiger partial charge in [0.1, 0.15) is 5.75 Å². The van der Waals surface area contributed by atoms with Gasteiger partial charge >= 0.3 is 0 Å². The van der Waals surface area contributed by atoms with Crippen LogP contribution in [-0.2, 0) is 12.8 Å². The smallest absolute Gasteiger partial charge is 0.122 e. The van der Waals surface area contributed by atoms with E-state index in [2.05, 4.69) is 50.2 Å². The Labute approximate surface area is 121 Å². The standard InChI is InChI=1S/C18H23NO/c1-13-4-7-15(8-5-13)11-17(19)12-16-10-14(2)6-9-18(16)20-3/h4-10,17H,11-12,19H2,1-3H3. The second-order valence-corrected chi connectivity index (χ2v) is 5.47. The molecular weight excluding hydrogens is 246 g/mol. The number of hydrogen-bond donors (Lipinski definition) is 1. The maximum Gasteiger partial charge on any atom is 0.122 e. The topological polar surface area (TPSA) is 35.2 Å². The second kappa shape index (κ2) is 6.58. The Kier molecular flexibility index (Phi) is 4.80. The monoisotopic (exact) mass is 269 g/mol. The van der Waals surface area contributed by atoms with Crippen LogP contribution in [0.4, 0.5) is 0 Å². The fraction of sp³-hybridized carbons (Fsp3) is 0.333. The molecule has 0 fully saturated rings. The summed E-state index contributed by atoms with van der Waals surface area (Å²) in [5, 5.41) is 0. The van der Waals surface area contributed by atoms with Gasteiger partial charge in [0.05, 0.1) is 7.11 Å². The van der Waals surface area contributed by atoms with E-state index in [4.69, 9.17) is 10.5 Å². The number of aryl methyl sites for hydroxylation is 2. The van der Waals surface area contributed by atoms with Crippen LogP contribution in [0.1, 0.15) is 22.3 Å². The van der Waals surface area contributed by atoms with E-state index in [1.165, 1.54) is 22.3 Å². The molecule has 106 valence electrons. The quantitative estimate of drug-likeness (QED) is 0.902. The molecule has 0 aliphatic carbocycles. The van der Waals surface area contributed by atoms with Gasteiger partial charge in [0, 0.05) is 6.04 Å². The molecule has 0 bridgehead atoms. The highest BCUT2D eigenvalue weighted by Gasteiger charge is 2.10. The zero-order chi connectivity index (χ0) is 14.5. The van der Waals surface area contributed by atoms with Crippen molar-refractivity contribution in [1.82, 2.24) is 0 Å². The Morgan fingerprint density at radius 2 is 1.60 bits per heavy atom. The number of benzene rings is 2. The Hall–Kier alpha value is -1.80. The summed E-state index contributed by atoms with van der Waals surface area (Å²) in [6, 6.07) is 14.9. The van der Waals surface area contributed by atoms with Crippen LogP contribution >= 0.6 is 0 Å². The minimum Gasteiger partial charge on any atom is -0.496 e. The van der Waals surface area contributed by atoms with Gasteiger partial charge in [-0.2, -0.15) is 0 Å². The first-order valence-electron chi connectivity index (χ1n) is 7.03. The molecule has 2 aromatic rings. The molecule has 0 aromatic heterocycles. The third kappa shape index (κ3) is 3.84. The van der Waals surface area contributed by atoms with Crippen LogP contribution in [0.15, 0.2) is 42.5 Å². The molecule has 0 spiro atoms. The van der Waals surface area contributed by atoms with Gasteiger partial charge in [-0.1, -0.05) is 47.5 Å². The fourth-order valence-corrected chi connectivity index (χ4v) is 2.45. The maximum absolute atomic E-state index is 6.29. The van der Waals surface area contributed by atoms with E-state index in [1.807, 2.05) is 6.07 Å². The van der Waals surface area contributed by atoms with Gasteiger partial charge in [0.2, 0.25) is 0 Å². The highest BCUT2D eigenvalue weighted by molar-refractivity contribution is 5.37. The second-order valence-electron chi connectivity index (χ2n) is 5.47.